The highest BCUT2D eigenvalue weighted by atomic mass is 16.6. The summed E-state index contributed by atoms with van der Waals surface area (Å²) in [5.74, 6) is -0.462. The molecule has 19 heavy (non-hydrogen) atoms. The normalized spacial score (nSPS) is 12.4. The first-order chi connectivity index (χ1) is 8.78. The number of hydrogen-bond donors (Lipinski definition) is 2. The van der Waals surface area contributed by atoms with E-state index in [2.05, 4.69) is 10.6 Å². The fourth-order valence-corrected chi connectivity index (χ4v) is 1.33. The Bertz CT molecular complexity index is 438. The number of anilines is 1. The lowest BCUT2D eigenvalue weighted by atomic mass is 10.2. The van der Waals surface area contributed by atoms with E-state index in [1.807, 2.05) is 18.2 Å². The Kier molecular flexibility index (Phi) is 4.92. The van der Waals surface area contributed by atoms with Crippen LogP contribution in [0, 0.1) is 0 Å². The van der Waals surface area contributed by atoms with Gasteiger partial charge in [0.2, 0.25) is 0 Å². The van der Waals surface area contributed by atoms with E-state index in [1.165, 1.54) is 0 Å². The number of para-hydroxylation sites is 1. The summed E-state index contributed by atoms with van der Waals surface area (Å²) in [7, 11) is 0. The van der Waals surface area contributed by atoms with Gasteiger partial charge in [-0.25, -0.2) is 9.59 Å². The van der Waals surface area contributed by atoms with Crippen LogP contribution in [0.4, 0.5) is 10.5 Å². The van der Waals surface area contributed by atoms with Gasteiger partial charge in [0.1, 0.15) is 11.6 Å². The Labute approximate surface area is 113 Å². The second kappa shape index (κ2) is 6.22. The molecule has 0 aliphatic carbocycles. The average molecular weight is 264 g/mol. The molecule has 1 rings (SSSR count). The van der Waals surface area contributed by atoms with Crippen molar-refractivity contribution in [3.05, 3.63) is 30.3 Å². The van der Waals surface area contributed by atoms with E-state index in [0.717, 1.165) is 0 Å². The van der Waals surface area contributed by atoms with E-state index in [-0.39, 0.29) is 0 Å². The molecule has 0 aliphatic heterocycles. The minimum Gasteiger partial charge on any atom is -0.458 e. The second-order valence-corrected chi connectivity index (χ2v) is 5.22. The van der Waals surface area contributed by atoms with Gasteiger partial charge in [0, 0.05) is 5.69 Å². The van der Waals surface area contributed by atoms with Crippen molar-refractivity contribution in [1.29, 1.82) is 0 Å². The van der Waals surface area contributed by atoms with Crippen molar-refractivity contribution in [2.45, 2.75) is 39.3 Å². The number of esters is 1. The molecule has 0 unspecified atom stereocenters. The van der Waals surface area contributed by atoms with Gasteiger partial charge in [-0.15, -0.1) is 0 Å². The van der Waals surface area contributed by atoms with Crippen LogP contribution in [0.5, 0.6) is 0 Å². The van der Waals surface area contributed by atoms with Crippen LogP contribution in [0.15, 0.2) is 30.3 Å². The van der Waals surface area contributed by atoms with Crippen molar-refractivity contribution in [1.82, 2.24) is 5.32 Å². The summed E-state index contributed by atoms with van der Waals surface area (Å²) < 4.78 is 5.17. The molecule has 1 aromatic rings. The molecule has 0 aromatic heterocycles. The van der Waals surface area contributed by atoms with E-state index >= 15 is 0 Å². The Balaban J connectivity index is 2.46. The van der Waals surface area contributed by atoms with Crippen LogP contribution in [-0.2, 0) is 9.53 Å². The maximum Gasteiger partial charge on any atom is 0.328 e. The molecule has 1 atom stereocenters. The van der Waals surface area contributed by atoms with E-state index < -0.39 is 23.6 Å². The lowest BCUT2D eigenvalue weighted by Crippen LogP contribution is -2.43. The third-order valence-corrected chi connectivity index (χ3v) is 2.14. The third kappa shape index (κ3) is 5.90. The maximum atomic E-state index is 11.7. The van der Waals surface area contributed by atoms with Gasteiger partial charge < -0.3 is 15.4 Å². The highest BCUT2D eigenvalue weighted by Gasteiger charge is 2.22. The van der Waals surface area contributed by atoms with Crippen molar-refractivity contribution >= 4 is 17.7 Å². The number of rotatable bonds is 3. The monoisotopic (exact) mass is 264 g/mol. The lowest BCUT2D eigenvalue weighted by Gasteiger charge is -2.22. The number of benzene rings is 1. The van der Waals surface area contributed by atoms with Crippen molar-refractivity contribution < 1.29 is 14.3 Å². The molecule has 1 aromatic carbocycles. The van der Waals surface area contributed by atoms with Crippen LogP contribution in [0.1, 0.15) is 27.7 Å². The molecule has 2 N–H and O–H groups in total. The van der Waals surface area contributed by atoms with Gasteiger partial charge in [0.05, 0.1) is 0 Å². The van der Waals surface area contributed by atoms with Crippen molar-refractivity contribution in [3.8, 4) is 0 Å². The van der Waals surface area contributed by atoms with Crippen LogP contribution in [0.25, 0.3) is 0 Å². The average Bonchev–Trinajstić information content (AvgIpc) is 2.27. The van der Waals surface area contributed by atoms with Crippen LogP contribution >= 0.6 is 0 Å². The molecule has 2 amide bonds. The number of amides is 2. The maximum absolute atomic E-state index is 11.7. The summed E-state index contributed by atoms with van der Waals surface area (Å²) in [4.78, 5) is 23.3. The number of urea groups is 1. The molecule has 0 aliphatic rings. The minimum absolute atomic E-state index is 0.440. The summed E-state index contributed by atoms with van der Waals surface area (Å²) in [5, 5.41) is 5.16. The van der Waals surface area contributed by atoms with Gasteiger partial charge >= 0.3 is 12.0 Å². The number of carbonyl (C=O) groups excluding carboxylic acids is 2. The highest BCUT2D eigenvalue weighted by Crippen LogP contribution is 2.09. The standard InChI is InChI=1S/C14H20N2O3/c1-10(12(17)19-14(2,3)4)15-13(18)16-11-8-6-5-7-9-11/h5-10H,1-4H3,(H2,15,16,18)/t10-/m1/s1. The molecule has 5 heteroatoms. The van der Waals surface area contributed by atoms with Gasteiger partial charge in [-0.05, 0) is 39.8 Å². The fourth-order valence-electron chi connectivity index (χ4n) is 1.33. The van der Waals surface area contributed by atoms with Gasteiger partial charge in [-0.3, -0.25) is 0 Å². The molecule has 5 nitrogen and oxygen atoms in total. The first-order valence-electron chi connectivity index (χ1n) is 6.13. The Morgan fingerprint density at radius 3 is 2.26 bits per heavy atom. The molecule has 0 saturated carbocycles. The van der Waals surface area contributed by atoms with Gasteiger partial charge in [0.25, 0.3) is 0 Å². The minimum atomic E-state index is -0.706. The fraction of sp³-hybridized carbons (Fsp3) is 0.429. The summed E-state index contributed by atoms with van der Waals surface area (Å²) >= 11 is 0. The molecule has 0 spiro atoms. The zero-order valence-electron chi connectivity index (χ0n) is 11.7. The van der Waals surface area contributed by atoms with Gasteiger partial charge in [-0.1, -0.05) is 18.2 Å². The van der Waals surface area contributed by atoms with Crippen LogP contribution < -0.4 is 10.6 Å². The molecular weight excluding hydrogens is 244 g/mol. The first-order valence-corrected chi connectivity index (χ1v) is 6.13. The van der Waals surface area contributed by atoms with Crippen LogP contribution in [0.3, 0.4) is 0 Å². The van der Waals surface area contributed by atoms with Gasteiger partial charge in [-0.2, -0.15) is 0 Å². The molecule has 0 saturated heterocycles. The number of ether oxygens (including phenoxy) is 1. The molecular formula is C14H20N2O3. The quantitative estimate of drug-likeness (QED) is 0.824. The van der Waals surface area contributed by atoms with Crippen molar-refractivity contribution in [3.63, 3.8) is 0 Å². The van der Waals surface area contributed by atoms with Gasteiger partial charge in [0.15, 0.2) is 0 Å². The largest absolute Gasteiger partial charge is 0.458 e. The van der Waals surface area contributed by atoms with E-state index in [1.54, 1.807) is 39.8 Å². The number of hydrogen-bond acceptors (Lipinski definition) is 3. The second-order valence-electron chi connectivity index (χ2n) is 5.22. The van der Waals surface area contributed by atoms with Crippen molar-refractivity contribution in [2.75, 3.05) is 5.32 Å². The molecule has 0 fully saturated rings. The topological polar surface area (TPSA) is 67.4 Å². The van der Waals surface area contributed by atoms with Crippen molar-refractivity contribution in [2.24, 2.45) is 0 Å². The smallest absolute Gasteiger partial charge is 0.328 e. The van der Waals surface area contributed by atoms with Crippen LogP contribution in [0.2, 0.25) is 0 Å². The predicted octanol–water partition coefficient (Wildman–Crippen LogP) is 2.54. The molecule has 0 bridgehead atoms. The molecule has 0 heterocycles. The van der Waals surface area contributed by atoms with E-state index in [4.69, 9.17) is 4.74 Å². The SMILES string of the molecule is C[C@@H](NC(=O)Nc1ccccc1)C(=O)OC(C)(C)C. The summed E-state index contributed by atoms with van der Waals surface area (Å²) in [6, 6.07) is 7.86. The molecule has 104 valence electrons. The Morgan fingerprint density at radius 1 is 1.16 bits per heavy atom. The zero-order valence-corrected chi connectivity index (χ0v) is 11.7. The first kappa shape index (κ1) is 15.0. The summed E-state index contributed by atoms with van der Waals surface area (Å²) in [5.41, 5.74) is 0.0968. The van der Waals surface area contributed by atoms with E-state index in [0.29, 0.717) is 5.69 Å². The zero-order chi connectivity index (χ0) is 14.5. The van der Waals surface area contributed by atoms with Crippen LogP contribution in [-0.4, -0.2) is 23.6 Å². The predicted molar refractivity (Wildman–Crippen MR) is 73.9 cm³/mol. The highest BCUT2D eigenvalue weighted by molar-refractivity contribution is 5.92. The number of nitrogens with one attached hydrogen (secondary N) is 2. The summed E-state index contributed by atoms with van der Waals surface area (Å²) in [6.45, 7) is 6.92. The van der Waals surface area contributed by atoms with E-state index in [9.17, 15) is 9.59 Å². The number of carbonyl (C=O) groups is 2. The lowest BCUT2D eigenvalue weighted by molar-refractivity contribution is -0.156. The Hall–Kier alpha value is -2.04. The molecule has 0 radical (unpaired) electrons. The Morgan fingerprint density at radius 2 is 1.74 bits per heavy atom. The third-order valence-electron chi connectivity index (χ3n) is 2.14. The summed E-state index contributed by atoms with van der Waals surface area (Å²) in [6.07, 6.45) is 0.